The van der Waals surface area contributed by atoms with Gasteiger partial charge in [-0.15, -0.1) is 0 Å². The first kappa shape index (κ1) is 39.8. The highest BCUT2D eigenvalue weighted by Gasteiger charge is 2.20. The van der Waals surface area contributed by atoms with Crippen LogP contribution >= 0.6 is 0 Å². The van der Waals surface area contributed by atoms with Gasteiger partial charge in [0.05, 0.1) is 31.3 Å². The molecule has 3 atom stereocenters. The minimum absolute atomic E-state index is 0.00871. The van der Waals surface area contributed by atoms with Crippen molar-refractivity contribution in [2.45, 2.75) is 193 Å². The van der Waals surface area contributed by atoms with E-state index in [4.69, 9.17) is 0 Å². The minimum Gasteiger partial charge on any atom is -0.394 e. The van der Waals surface area contributed by atoms with Crippen LogP contribution in [0.4, 0.5) is 0 Å². The van der Waals surface area contributed by atoms with Gasteiger partial charge in [-0.25, -0.2) is 0 Å². The van der Waals surface area contributed by atoms with Crippen LogP contribution in [0.25, 0.3) is 0 Å². The zero-order valence-corrected chi connectivity index (χ0v) is 27.2. The zero-order valence-electron chi connectivity index (χ0n) is 27.2. The normalized spacial score (nSPS) is 14.2. The van der Waals surface area contributed by atoms with E-state index in [-0.39, 0.29) is 18.9 Å². The van der Waals surface area contributed by atoms with Gasteiger partial charge >= 0.3 is 0 Å². The van der Waals surface area contributed by atoms with Crippen molar-refractivity contribution in [1.82, 2.24) is 5.32 Å². The average Bonchev–Trinajstić information content (AvgIpc) is 2.96. The summed E-state index contributed by atoms with van der Waals surface area (Å²) in [5.41, 5.74) is 0. The number of allylic oxidation sites excluding steroid dienone is 3. The van der Waals surface area contributed by atoms with Gasteiger partial charge in [0.25, 0.3) is 0 Å². The van der Waals surface area contributed by atoms with Gasteiger partial charge in [-0.2, -0.15) is 0 Å². The Hall–Kier alpha value is -1.17. The second kappa shape index (κ2) is 31.8. The standard InChI is InChI=1S/C36H69NO4/c1-3-5-7-9-11-13-15-16-17-18-20-21-23-25-27-29-33(39)31-36(41)37-34(32-38)35(40)30-28-26-24-22-19-14-12-10-8-6-4-2/h16-17,28,30,33-35,38-40H,3-15,18-27,29,31-32H2,1-2H3,(H,37,41)/b17-16-,30-28+. The second-order valence-electron chi connectivity index (χ2n) is 12.1. The van der Waals surface area contributed by atoms with Crippen LogP contribution in [0.15, 0.2) is 24.3 Å². The third-order valence-corrected chi connectivity index (χ3v) is 7.98. The van der Waals surface area contributed by atoms with Crippen LogP contribution in [0, 0.1) is 0 Å². The molecule has 0 aromatic rings. The molecule has 0 rings (SSSR count). The van der Waals surface area contributed by atoms with E-state index in [0.717, 1.165) is 38.5 Å². The lowest BCUT2D eigenvalue weighted by molar-refractivity contribution is -0.124. The van der Waals surface area contributed by atoms with Crippen LogP contribution in [0.5, 0.6) is 0 Å². The highest BCUT2D eigenvalue weighted by molar-refractivity contribution is 5.76. The largest absolute Gasteiger partial charge is 0.394 e. The Kier molecular flexibility index (Phi) is 30.9. The van der Waals surface area contributed by atoms with E-state index in [2.05, 4.69) is 31.3 Å². The minimum atomic E-state index is -0.926. The smallest absolute Gasteiger partial charge is 0.222 e. The highest BCUT2D eigenvalue weighted by Crippen LogP contribution is 2.13. The van der Waals surface area contributed by atoms with Gasteiger partial charge in [0.1, 0.15) is 0 Å². The van der Waals surface area contributed by atoms with Gasteiger partial charge in [0.2, 0.25) is 5.91 Å². The molecule has 0 radical (unpaired) electrons. The summed E-state index contributed by atoms with van der Waals surface area (Å²) in [4.78, 5) is 12.3. The Morgan fingerprint density at radius 2 is 1.02 bits per heavy atom. The molecule has 242 valence electrons. The Balaban J connectivity index is 3.76. The van der Waals surface area contributed by atoms with Crippen molar-refractivity contribution in [2.24, 2.45) is 0 Å². The van der Waals surface area contributed by atoms with Crippen LogP contribution in [-0.4, -0.2) is 46.1 Å². The fourth-order valence-corrected chi connectivity index (χ4v) is 5.21. The van der Waals surface area contributed by atoms with E-state index in [9.17, 15) is 20.1 Å². The maximum Gasteiger partial charge on any atom is 0.222 e. The molecule has 1 amide bonds. The molecule has 0 aliphatic heterocycles. The van der Waals surface area contributed by atoms with Crippen LogP contribution in [0.3, 0.4) is 0 Å². The molecule has 0 saturated carbocycles. The average molecular weight is 580 g/mol. The quantitative estimate of drug-likeness (QED) is 0.0487. The van der Waals surface area contributed by atoms with Crippen molar-refractivity contribution < 1.29 is 20.1 Å². The van der Waals surface area contributed by atoms with Crippen molar-refractivity contribution in [3.63, 3.8) is 0 Å². The molecule has 0 aliphatic carbocycles. The number of hydrogen-bond donors (Lipinski definition) is 4. The Morgan fingerprint density at radius 3 is 1.49 bits per heavy atom. The number of nitrogens with one attached hydrogen (secondary N) is 1. The first-order valence-electron chi connectivity index (χ1n) is 17.6. The first-order valence-corrected chi connectivity index (χ1v) is 17.6. The Bertz CT molecular complexity index is 606. The molecule has 0 aromatic heterocycles. The summed E-state index contributed by atoms with van der Waals surface area (Å²) in [6.45, 7) is 4.17. The predicted molar refractivity (Wildman–Crippen MR) is 176 cm³/mol. The lowest BCUT2D eigenvalue weighted by Crippen LogP contribution is -2.45. The highest BCUT2D eigenvalue weighted by atomic mass is 16.3. The van der Waals surface area contributed by atoms with E-state index < -0.39 is 18.2 Å². The third-order valence-electron chi connectivity index (χ3n) is 7.98. The summed E-state index contributed by atoms with van der Waals surface area (Å²) in [7, 11) is 0. The molecule has 3 unspecified atom stereocenters. The SMILES string of the molecule is CCCCCCCC/C=C\CCCCCCCC(O)CC(=O)NC(CO)C(O)/C=C/CCCCCCCCCCC. The van der Waals surface area contributed by atoms with Gasteiger partial charge < -0.3 is 20.6 Å². The van der Waals surface area contributed by atoms with Gasteiger partial charge in [-0.05, 0) is 44.9 Å². The number of hydrogen-bond acceptors (Lipinski definition) is 4. The maximum atomic E-state index is 12.3. The molecule has 5 heteroatoms. The van der Waals surface area contributed by atoms with Crippen molar-refractivity contribution >= 4 is 5.91 Å². The number of carbonyl (C=O) groups is 1. The summed E-state index contributed by atoms with van der Waals surface area (Å²) in [5, 5.41) is 32.9. The monoisotopic (exact) mass is 580 g/mol. The summed E-state index contributed by atoms with van der Waals surface area (Å²) >= 11 is 0. The molecular weight excluding hydrogens is 510 g/mol. The summed E-state index contributed by atoms with van der Waals surface area (Å²) in [6, 6.07) is -0.742. The lowest BCUT2D eigenvalue weighted by atomic mass is 10.0. The zero-order chi connectivity index (χ0) is 30.2. The van der Waals surface area contributed by atoms with E-state index in [1.807, 2.05) is 6.08 Å². The fourth-order valence-electron chi connectivity index (χ4n) is 5.21. The van der Waals surface area contributed by atoms with Crippen LogP contribution in [0.1, 0.15) is 174 Å². The van der Waals surface area contributed by atoms with Gasteiger partial charge in [0.15, 0.2) is 0 Å². The number of carbonyl (C=O) groups excluding carboxylic acids is 1. The Labute approximate surface area is 254 Å². The molecule has 0 aromatic carbocycles. The third kappa shape index (κ3) is 28.7. The second-order valence-corrected chi connectivity index (χ2v) is 12.1. The molecular formula is C36H69NO4. The van der Waals surface area contributed by atoms with E-state index in [1.54, 1.807) is 6.08 Å². The lowest BCUT2D eigenvalue weighted by Gasteiger charge is -2.21. The van der Waals surface area contributed by atoms with Crippen molar-refractivity contribution in [3.8, 4) is 0 Å². The fraction of sp³-hybridized carbons (Fsp3) is 0.861. The number of unbranched alkanes of at least 4 members (excludes halogenated alkanes) is 20. The molecule has 0 aliphatic rings. The summed E-state index contributed by atoms with van der Waals surface area (Å²) in [5.74, 6) is -0.323. The predicted octanol–water partition coefficient (Wildman–Crippen LogP) is 9.09. The molecule has 0 spiro atoms. The first-order chi connectivity index (χ1) is 20.0. The molecule has 0 bridgehead atoms. The van der Waals surface area contributed by atoms with Gasteiger partial charge in [-0.3, -0.25) is 4.79 Å². The van der Waals surface area contributed by atoms with E-state index >= 15 is 0 Å². The Morgan fingerprint density at radius 1 is 0.610 bits per heavy atom. The summed E-state index contributed by atoms with van der Waals surface area (Å²) < 4.78 is 0. The van der Waals surface area contributed by atoms with E-state index in [1.165, 1.54) is 109 Å². The maximum absolute atomic E-state index is 12.3. The van der Waals surface area contributed by atoms with Crippen LogP contribution < -0.4 is 5.32 Å². The number of amides is 1. The van der Waals surface area contributed by atoms with Crippen LogP contribution in [-0.2, 0) is 4.79 Å². The molecule has 0 saturated heterocycles. The van der Waals surface area contributed by atoms with Crippen molar-refractivity contribution in [2.75, 3.05) is 6.61 Å². The number of rotatable bonds is 31. The number of aliphatic hydroxyl groups is 3. The van der Waals surface area contributed by atoms with E-state index in [0.29, 0.717) is 6.42 Å². The molecule has 4 N–H and O–H groups in total. The molecule has 5 nitrogen and oxygen atoms in total. The van der Waals surface area contributed by atoms with Gasteiger partial charge in [0, 0.05) is 0 Å². The van der Waals surface area contributed by atoms with Gasteiger partial charge in [-0.1, -0.05) is 147 Å². The molecule has 41 heavy (non-hydrogen) atoms. The molecule has 0 fully saturated rings. The summed E-state index contributed by atoms with van der Waals surface area (Å²) in [6.07, 6.45) is 35.8. The topological polar surface area (TPSA) is 89.8 Å². The molecule has 0 heterocycles. The van der Waals surface area contributed by atoms with Crippen molar-refractivity contribution in [1.29, 1.82) is 0 Å². The van der Waals surface area contributed by atoms with Crippen molar-refractivity contribution in [3.05, 3.63) is 24.3 Å². The van der Waals surface area contributed by atoms with Crippen LogP contribution in [0.2, 0.25) is 0 Å². The number of aliphatic hydroxyl groups excluding tert-OH is 3.